The maximum atomic E-state index is 13.1. The molecule has 1 aliphatic rings. The fourth-order valence-electron chi connectivity index (χ4n) is 5.52. The van der Waals surface area contributed by atoms with Gasteiger partial charge in [-0.3, -0.25) is 9.59 Å². The van der Waals surface area contributed by atoms with Crippen LogP contribution in [0.25, 0.3) is 11.1 Å². The molecule has 1 saturated heterocycles. The molecular formula is C29H30ClN3O3. The Morgan fingerprint density at radius 3 is 2.44 bits per heavy atom. The van der Waals surface area contributed by atoms with Crippen LogP contribution in [0.3, 0.4) is 0 Å². The molecule has 0 aliphatic carbocycles. The summed E-state index contributed by atoms with van der Waals surface area (Å²) in [4.78, 5) is 27.4. The van der Waals surface area contributed by atoms with Gasteiger partial charge in [-0.1, -0.05) is 23.7 Å². The van der Waals surface area contributed by atoms with E-state index < -0.39 is 0 Å². The summed E-state index contributed by atoms with van der Waals surface area (Å²) in [6, 6.07) is 15.5. The van der Waals surface area contributed by atoms with Crippen LogP contribution in [-0.4, -0.2) is 21.8 Å². The molecule has 3 aromatic rings. The molecule has 0 radical (unpaired) electrons. The van der Waals surface area contributed by atoms with Crippen molar-refractivity contribution in [2.45, 2.75) is 58.0 Å². The Kier molecular flexibility index (Phi) is 7.08. The largest absolute Gasteiger partial charge is 0.454 e. The number of Topliss-reactive ketones (excluding diaryl/α,β-unsaturated/α-hetero) is 1. The van der Waals surface area contributed by atoms with Crippen LogP contribution < -0.4 is 15.6 Å². The van der Waals surface area contributed by atoms with Gasteiger partial charge < -0.3 is 15.0 Å². The summed E-state index contributed by atoms with van der Waals surface area (Å²) in [5.74, 6) is 0.993. The minimum absolute atomic E-state index is 0.0255. The van der Waals surface area contributed by atoms with Crippen LogP contribution in [0.15, 0.2) is 59.5 Å². The Labute approximate surface area is 216 Å². The Morgan fingerprint density at radius 1 is 1.08 bits per heavy atom. The molecule has 36 heavy (non-hydrogen) atoms. The summed E-state index contributed by atoms with van der Waals surface area (Å²) < 4.78 is 6.00. The zero-order chi connectivity index (χ0) is 26.1. The van der Waals surface area contributed by atoms with Crippen molar-refractivity contribution in [1.29, 1.82) is 5.26 Å². The zero-order valence-electron chi connectivity index (χ0n) is 20.9. The molecule has 0 saturated carbocycles. The summed E-state index contributed by atoms with van der Waals surface area (Å²) in [5.41, 5.74) is 1.70. The Bertz CT molecular complexity index is 1390. The van der Waals surface area contributed by atoms with Gasteiger partial charge in [0.2, 0.25) is 5.56 Å². The number of nitrogens with one attached hydrogen (secondary N) is 2. The van der Waals surface area contributed by atoms with E-state index in [0.717, 1.165) is 12.8 Å². The normalized spacial score (nSPS) is 16.8. The number of rotatable bonds is 6. The number of carbonyl (C=O) groups excluding carboxylic acids is 1. The number of ketones is 1. The number of benzene rings is 2. The molecule has 1 fully saturated rings. The van der Waals surface area contributed by atoms with Crippen LogP contribution in [-0.2, 0) is 0 Å². The van der Waals surface area contributed by atoms with E-state index in [1.807, 2.05) is 0 Å². The summed E-state index contributed by atoms with van der Waals surface area (Å²) in [5, 5.41) is 13.8. The second-order valence-electron chi connectivity index (χ2n) is 10.8. The van der Waals surface area contributed by atoms with Crippen LogP contribution in [0.1, 0.15) is 62.9 Å². The molecule has 0 amide bonds. The van der Waals surface area contributed by atoms with E-state index in [9.17, 15) is 14.9 Å². The highest BCUT2D eigenvalue weighted by Crippen LogP contribution is 2.38. The number of aromatic nitrogens is 1. The van der Waals surface area contributed by atoms with Crippen LogP contribution in [0.2, 0.25) is 5.02 Å². The monoisotopic (exact) mass is 503 g/mol. The Balaban J connectivity index is 1.54. The van der Waals surface area contributed by atoms with E-state index >= 15 is 0 Å². The highest BCUT2D eigenvalue weighted by atomic mass is 35.5. The molecule has 2 aromatic carbocycles. The minimum atomic E-state index is -0.261. The molecule has 0 unspecified atom stereocenters. The lowest BCUT2D eigenvalue weighted by Gasteiger charge is -2.46. The quantitative estimate of drug-likeness (QED) is 0.375. The first kappa shape index (κ1) is 25.7. The Morgan fingerprint density at radius 2 is 1.81 bits per heavy atom. The third-order valence-corrected chi connectivity index (χ3v) is 6.74. The van der Waals surface area contributed by atoms with Crippen molar-refractivity contribution in [3.8, 4) is 28.7 Å². The van der Waals surface area contributed by atoms with Crippen LogP contribution in [0, 0.1) is 17.2 Å². The number of nitrogens with zero attached hydrogens (tertiary/aromatic N) is 1. The number of aromatic amines is 1. The van der Waals surface area contributed by atoms with Crippen LogP contribution in [0.5, 0.6) is 11.5 Å². The standard InChI is InChI=1S/C29H30ClN3O3/c1-28(2)15-18(16-29(3,4)33-28)12-24(34)20-8-9-26(23(30)13-20)36-25-7-5-6-21(22(25)17-31)19-10-11-32-27(35)14-19/h5-11,13-14,18,33H,12,15-16H2,1-4H3,(H,32,35). The molecular weight excluding hydrogens is 474 g/mol. The number of nitriles is 1. The van der Waals surface area contributed by atoms with Crippen LogP contribution >= 0.6 is 11.6 Å². The highest BCUT2D eigenvalue weighted by molar-refractivity contribution is 6.32. The van der Waals surface area contributed by atoms with Crippen molar-refractivity contribution in [2.24, 2.45) is 5.92 Å². The number of piperidine rings is 1. The van der Waals surface area contributed by atoms with Crippen LogP contribution in [0.4, 0.5) is 0 Å². The highest BCUT2D eigenvalue weighted by Gasteiger charge is 2.38. The molecule has 0 atom stereocenters. The molecule has 2 heterocycles. The topological polar surface area (TPSA) is 95.0 Å². The van der Waals surface area contributed by atoms with Gasteiger partial charge in [0.25, 0.3) is 0 Å². The molecule has 4 rings (SSSR count). The molecule has 1 aliphatic heterocycles. The lowest BCUT2D eigenvalue weighted by molar-refractivity contribution is 0.0864. The third kappa shape index (κ3) is 5.87. The molecule has 0 bridgehead atoms. The molecule has 0 spiro atoms. The lowest BCUT2D eigenvalue weighted by Crippen LogP contribution is -2.57. The van der Waals surface area contributed by atoms with Crippen molar-refractivity contribution in [2.75, 3.05) is 0 Å². The van der Waals surface area contributed by atoms with E-state index in [4.69, 9.17) is 16.3 Å². The summed E-state index contributed by atoms with van der Waals surface area (Å²) in [6.07, 6.45) is 3.85. The van der Waals surface area contributed by atoms with E-state index in [1.165, 1.54) is 12.3 Å². The van der Waals surface area contributed by atoms with Gasteiger partial charge >= 0.3 is 0 Å². The number of H-pyrrole nitrogens is 1. The lowest BCUT2D eigenvalue weighted by atomic mass is 9.74. The molecule has 6 nitrogen and oxygen atoms in total. The molecule has 186 valence electrons. The average Bonchev–Trinajstić information content (AvgIpc) is 2.78. The van der Waals surface area contributed by atoms with Gasteiger partial charge in [0, 0.05) is 40.9 Å². The second-order valence-corrected chi connectivity index (χ2v) is 11.2. The molecule has 2 N–H and O–H groups in total. The molecule has 7 heteroatoms. The van der Waals surface area contributed by atoms with Gasteiger partial charge in [0.1, 0.15) is 23.1 Å². The third-order valence-electron chi connectivity index (χ3n) is 6.45. The zero-order valence-corrected chi connectivity index (χ0v) is 21.7. The number of carbonyl (C=O) groups is 1. The summed E-state index contributed by atoms with van der Waals surface area (Å²) >= 11 is 6.51. The fraction of sp³-hybridized carbons (Fsp3) is 0.345. The fourth-order valence-corrected chi connectivity index (χ4v) is 5.74. The number of ether oxygens (including phenoxy) is 1. The summed E-state index contributed by atoms with van der Waals surface area (Å²) in [6.45, 7) is 8.70. The van der Waals surface area contributed by atoms with Gasteiger partial charge in [-0.2, -0.15) is 5.26 Å². The Hall–Kier alpha value is -3.40. The van der Waals surface area contributed by atoms with Gasteiger partial charge in [0.15, 0.2) is 5.78 Å². The van der Waals surface area contributed by atoms with Gasteiger partial charge in [-0.25, -0.2) is 0 Å². The number of pyridine rings is 1. The van der Waals surface area contributed by atoms with Crippen molar-refractivity contribution in [1.82, 2.24) is 10.3 Å². The van der Waals surface area contributed by atoms with E-state index in [2.05, 4.69) is 44.1 Å². The average molecular weight is 504 g/mol. The predicted octanol–water partition coefficient (Wildman–Crippen LogP) is 6.49. The maximum Gasteiger partial charge on any atom is 0.248 e. The van der Waals surface area contributed by atoms with Crippen molar-refractivity contribution >= 4 is 17.4 Å². The van der Waals surface area contributed by atoms with Crippen molar-refractivity contribution in [3.63, 3.8) is 0 Å². The van der Waals surface area contributed by atoms with E-state index in [1.54, 1.807) is 42.5 Å². The maximum absolute atomic E-state index is 13.1. The molecule has 1 aromatic heterocycles. The second kappa shape index (κ2) is 9.93. The van der Waals surface area contributed by atoms with Crippen molar-refractivity contribution < 1.29 is 9.53 Å². The predicted molar refractivity (Wildman–Crippen MR) is 142 cm³/mol. The minimum Gasteiger partial charge on any atom is -0.454 e. The SMILES string of the molecule is CC1(C)CC(CC(=O)c2ccc(Oc3cccc(-c4cc[nH]c(=O)c4)c3C#N)c(Cl)c2)CC(C)(C)N1. The first-order valence-electron chi connectivity index (χ1n) is 12.0. The van der Waals surface area contributed by atoms with E-state index in [-0.39, 0.29) is 38.9 Å². The van der Waals surface area contributed by atoms with Crippen molar-refractivity contribution in [3.05, 3.63) is 81.2 Å². The van der Waals surface area contributed by atoms with Gasteiger partial charge in [0.05, 0.1) is 5.02 Å². The number of hydrogen-bond donors (Lipinski definition) is 2. The summed E-state index contributed by atoms with van der Waals surface area (Å²) in [7, 11) is 0. The first-order valence-corrected chi connectivity index (χ1v) is 12.4. The van der Waals surface area contributed by atoms with E-state index in [0.29, 0.717) is 34.6 Å². The number of hydrogen-bond acceptors (Lipinski definition) is 5. The smallest absolute Gasteiger partial charge is 0.248 e. The first-order chi connectivity index (χ1) is 17.0. The van der Waals surface area contributed by atoms with Gasteiger partial charge in [-0.15, -0.1) is 0 Å². The number of halogens is 1. The van der Waals surface area contributed by atoms with Gasteiger partial charge in [-0.05, 0) is 82.3 Å².